The van der Waals surface area contributed by atoms with E-state index in [4.69, 9.17) is 17.3 Å². The summed E-state index contributed by atoms with van der Waals surface area (Å²) >= 11 is 5.60. The molecule has 0 atom stereocenters. The topological polar surface area (TPSA) is 72.1 Å². The normalized spacial score (nSPS) is 10.3. The molecule has 94 valence electrons. The highest BCUT2D eigenvalue weighted by molar-refractivity contribution is 6.28. The standard InChI is InChI=1S/C10H14ClFN4O/c1-2-3-4-16(6-8(13)17)9-7(12)5-14-10(11)15-9/h5H,2-4,6H2,1H3,(H2,13,17). The van der Waals surface area contributed by atoms with E-state index >= 15 is 0 Å². The molecule has 0 aliphatic heterocycles. The minimum absolute atomic E-state index is 0.0113. The second-order valence-corrected chi connectivity index (χ2v) is 3.89. The van der Waals surface area contributed by atoms with Gasteiger partial charge >= 0.3 is 0 Å². The molecule has 0 aromatic carbocycles. The summed E-state index contributed by atoms with van der Waals surface area (Å²) in [6.45, 7) is 2.39. The quantitative estimate of drug-likeness (QED) is 0.784. The third-order valence-corrected chi connectivity index (χ3v) is 2.31. The van der Waals surface area contributed by atoms with Crippen LogP contribution in [0.15, 0.2) is 6.20 Å². The van der Waals surface area contributed by atoms with Gasteiger partial charge in [0.1, 0.15) is 0 Å². The molecule has 0 fully saturated rings. The van der Waals surface area contributed by atoms with Crippen LogP contribution in [0.2, 0.25) is 5.28 Å². The van der Waals surface area contributed by atoms with E-state index in [0.717, 1.165) is 19.0 Å². The predicted molar refractivity (Wildman–Crippen MR) is 63.3 cm³/mol. The number of hydrogen-bond donors (Lipinski definition) is 1. The minimum Gasteiger partial charge on any atom is -0.368 e. The molecule has 7 heteroatoms. The molecule has 17 heavy (non-hydrogen) atoms. The summed E-state index contributed by atoms with van der Waals surface area (Å²) in [7, 11) is 0. The Bertz CT molecular complexity index is 402. The van der Waals surface area contributed by atoms with Crippen molar-refractivity contribution in [2.45, 2.75) is 19.8 Å². The third kappa shape index (κ3) is 4.14. The number of rotatable bonds is 6. The molecule has 5 nitrogen and oxygen atoms in total. The Labute approximate surface area is 104 Å². The van der Waals surface area contributed by atoms with Gasteiger partial charge in [-0.2, -0.15) is 4.98 Å². The van der Waals surface area contributed by atoms with Crippen molar-refractivity contribution in [2.75, 3.05) is 18.0 Å². The lowest BCUT2D eigenvalue weighted by atomic mass is 10.3. The summed E-state index contributed by atoms with van der Waals surface area (Å²) in [6, 6.07) is 0. The maximum absolute atomic E-state index is 13.5. The van der Waals surface area contributed by atoms with Crippen molar-refractivity contribution in [3.05, 3.63) is 17.3 Å². The van der Waals surface area contributed by atoms with Gasteiger partial charge in [-0.3, -0.25) is 4.79 Å². The number of hydrogen-bond acceptors (Lipinski definition) is 4. The zero-order valence-corrected chi connectivity index (χ0v) is 10.2. The van der Waals surface area contributed by atoms with Gasteiger partial charge in [0.25, 0.3) is 0 Å². The molecule has 0 unspecified atom stereocenters. The van der Waals surface area contributed by atoms with Crippen molar-refractivity contribution in [1.29, 1.82) is 0 Å². The minimum atomic E-state index is -0.619. The van der Waals surface area contributed by atoms with E-state index in [0.29, 0.717) is 6.54 Å². The smallest absolute Gasteiger partial charge is 0.237 e. The molecule has 2 N–H and O–H groups in total. The average Bonchev–Trinajstić information content (AvgIpc) is 2.27. The molecular weight excluding hydrogens is 247 g/mol. The van der Waals surface area contributed by atoms with Crippen LogP contribution in [0.3, 0.4) is 0 Å². The van der Waals surface area contributed by atoms with Crippen molar-refractivity contribution < 1.29 is 9.18 Å². The van der Waals surface area contributed by atoms with Gasteiger partial charge in [-0.05, 0) is 18.0 Å². The molecule has 1 aromatic heterocycles. The number of nitrogens with zero attached hydrogens (tertiary/aromatic N) is 3. The van der Waals surface area contributed by atoms with E-state index < -0.39 is 11.7 Å². The molecule has 0 spiro atoms. The zero-order chi connectivity index (χ0) is 12.8. The monoisotopic (exact) mass is 260 g/mol. The highest BCUT2D eigenvalue weighted by Crippen LogP contribution is 2.17. The van der Waals surface area contributed by atoms with Gasteiger partial charge in [0.15, 0.2) is 11.6 Å². The van der Waals surface area contributed by atoms with Crippen LogP contribution in [-0.4, -0.2) is 29.0 Å². The summed E-state index contributed by atoms with van der Waals surface area (Å²) in [5, 5.41) is -0.0626. The van der Waals surface area contributed by atoms with Crippen molar-refractivity contribution >= 4 is 23.3 Å². The SMILES string of the molecule is CCCCN(CC(N)=O)c1nc(Cl)ncc1F. The molecular formula is C10H14ClFN4O. The Morgan fingerprint density at radius 3 is 2.94 bits per heavy atom. The van der Waals surface area contributed by atoms with E-state index in [2.05, 4.69) is 9.97 Å². The predicted octanol–water partition coefficient (Wildman–Crippen LogP) is 1.36. The van der Waals surface area contributed by atoms with Crippen molar-refractivity contribution in [2.24, 2.45) is 5.73 Å². The van der Waals surface area contributed by atoms with E-state index in [-0.39, 0.29) is 17.6 Å². The fourth-order valence-electron chi connectivity index (χ4n) is 1.36. The lowest BCUT2D eigenvalue weighted by Crippen LogP contribution is -2.35. The van der Waals surface area contributed by atoms with Gasteiger partial charge in [0.05, 0.1) is 12.7 Å². The lowest BCUT2D eigenvalue weighted by Gasteiger charge is -2.22. The maximum Gasteiger partial charge on any atom is 0.237 e. The molecule has 0 saturated carbocycles. The summed E-state index contributed by atoms with van der Waals surface area (Å²) in [5.74, 6) is -1.15. The second-order valence-electron chi connectivity index (χ2n) is 3.55. The molecule has 0 radical (unpaired) electrons. The van der Waals surface area contributed by atoms with E-state index in [1.54, 1.807) is 0 Å². The Balaban J connectivity index is 2.93. The van der Waals surface area contributed by atoms with Gasteiger partial charge in [-0.1, -0.05) is 13.3 Å². The van der Waals surface area contributed by atoms with Crippen LogP contribution in [0.4, 0.5) is 10.2 Å². The van der Waals surface area contributed by atoms with E-state index in [1.165, 1.54) is 4.90 Å². The number of aromatic nitrogens is 2. The summed E-state index contributed by atoms with van der Waals surface area (Å²) in [4.78, 5) is 19.7. The Kier molecular flexibility index (Phi) is 5.09. The number of nitrogens with two attached hydrogens (primary N) is 1. The first-order chi connectivity index (χ1) is 8.04. The molecule has 0 bridgehead atoms. The Hall–Kier alpha value is -1.43. The van der Waals surface area contributed by atoms with Crippen LogP contribution >= 0.6 is 11.6 Å². The fraction of sp³-hybridized carbons (Fsp3) is 0.500. The van der Waals surface area contributed by atoms with Gasteiger partial charge in [-0.15, -0.1) is 0 Å². The first kappa shape index (κ1) is 13.6. The number of carbonyl (C=O) groups is 1. The summed E-state index contributed by atoms with van der Waals surface area (Å²) < 4.78 is 13.5. The van der Waals surface area contributed by atoms with Gasteiger partial charge in [0.2, 0.25) is 11.2 Å². The third-order valence-electron chi connectivity index (χ3n) is 2.12. The van der Waals surface area contributed by atoms with E-state index in [1.807, 2.05) is 6.92 Å². The van der Waals surface area contributed by atoms with Gasteiger partial charge in [-0.25, -0.2) is 9.37 Å². The fourth-order valence-corrected chi connectivity index (χ4v) is 1.48. The number of anilines is 1. The van der Waals surface area contributed by atoms with Gasteiger partial charge in [0, 0.05) is 6.54 Å². The molecule has 1 heterocycles. The highest BCUT2D eigenvalue weighted by atomic mass is 35.5. The Morgan fingerprint density at radius 1 is 1.65 bits per heavy atom. The largest absolute Gasteiger partial charge is 0.368 e. The van der Waals surface area contributed by atoms with Crippen LogP contribution in [0.1, 0.15) is 19.8 Å². The van der Waals surface area contributed by atoms with Crippen LogP contribution in [0, 0.1) is 5.82 Å². The summed E-state index contributed by atoms with van der Waals surface area (Å²) in [5.41, 5.74) is 5.11. The number of unbranched alkanes of at least 4 members (excludes halogenated alkanes) is 1. The average molecular weight is 261 g/mol. The maximum atomic E-state index is 13.5. The number of amides is 1. The van der Waals surface area contributed by atoms with Crippen molar-refractivity contribution in [3.63, 3.8) is 0 Å². The van der Waals surface area contributed by atoms with Crippen molar-refractivity contribution in [3.8, 4) is 0 Å². The summed E-state index contributed by atoms with van der Waals surface area (Å²) in [6.07, 6.45) is 2.69. The molecule has 1 amide bonds. The number of halogens is 2. The highest BCUT2D eigenvalue weighted by Gasteiger charge is 2.16. The van der Waals surface area contributed by atoms with Crippen LogP contribution in [-0.2, 0) is 4.79 Å². The van der Waals surface area contributed by atoms with E-state index in [9.17, 15) is 9.18 Å². The molecule has 1 rings (SSSR count). The van der Waals surface area contributed by atoms with Gasteiger partial charge < -0.3 is 10.6 Å². The zero-order valence-electron chi connectivity index (χ0n) is 9.49. The second kappa shape index (κ2) is 6.34. The number of carbonyl (C=O) groups excluding carboxylic acids is 1. The molecule has 1 aromatic rings. The van der Waals surface area contributed by atoms with Crippen LogP contribution in [0.5, 0.6) is 0 Å². The number of primary amides is 1. The van der Waals surface area contributed by atoms with Crippen LogP contribution in [0.25, 0.3) is 0 Å². The van der Waals surface area contributed by atoms with Crippen LogP contribution < -0.4 is 10.6 Å². The molecule has 0 aliphatic carbocycles. The first-order valence-electron chi connectivity index (χ1n) is 5.26. The molecule has 0 saturated heterocycles. The first-order valence-corrected chi connectivity index (χ1v) is 5.63. The van der Waals surface area contributed by atoms with Crippen molar-refractivity contribution in [1.82, 2.24) is 9.97 Å². The molecule has 0 aliphatic rings. The lowest BCUT2D eigenvalue weighted by molar-refractivity contribution is -0.116. The Morgan fingerprint density at radius 2 is 2.35 bits per heavy atom.